The van der Waals surface area contributed by atoms with Gasteiger partial charge in [0, 0.05) is 17.6 Å². The van der Waals surface area contributed by atoms with Crippen LogP contribution in [0.3, 0.4) is 0 Å². The summed E-state index contributed by atoms with van der Waals surface area (Å²) in [5.41, 5.74) is 2.86. The lowest BCUT2D eigenvalue weighted by Gasteiger charge is -2.34. The third kappa shape index (κ3) is 7.70. The molecule has 43 heavy (non-hydrogen) atoms. The number of methoxy groups -OCH3 is 1. The summed E-state index contributed by atoms with van der Waals surface area (Å²) in [6, 6.07) is 18.0. The van der Waals surface area contributed by atoms with Crippen molar-refractivity contribution in [3.8, 4) is 5.75 Å². The van der Waals surface area contributed by atoms with Crippen LogP contribution >= 0.6 is 11.6 Å². The van der Waals surface area contributed by atoms with Gasteiger partial charge in [0.15, 0.2) is 0 Å². The van der Waals surface area contributed by atoms with Gasteiger partial charge >= 0.3 is 0 Å². The van der Waals surface area contributed by atoms with Crippen molar-refractivity contribution in [2.45, 2.75) is 76.4 Å². The maximum Gasteiger partial charge on any atom is 0.264 e. The highest BCUT2D eigenvalue weighted by Gasteiger charge is 2.35. The molecule has 0 heterocycles. The standard InChI is InChI=1S/C33H40ClN3O5S/c1-5-29(33(39)35-27-12-8-9-13-27)36(21-25-11-7-6-10-24(25)3)32(38)22-37(30-20-26(34)16-19-31(30)42-4)43(40,41)28-17-14-23(2)15-18-28/h6-7,10-11,14-20,27,29H,5,8-9,12-13,21-22H2,1-4H3,(H,35,39). The molecule has 2 amide bonds. The number of hydrogen-bond donors (Lipinski definition) is 1. The fraction of sp³-hybridized carbons (Fsp3) is 0.394. The van der Waals surface area contributed by atoms with E-state index in [0.29, 0.717) is 6.42 Å². The highest BCUT2D eigenvalue weighted by molar-refractivity contribution is 7.92. The predicted octanol–water partition coefficient (Wildman–Crippen LogP) is 6.03. The van der Waals surface area contributed by atoms with Crippen molar-refractivity contribution in [2.24, 2.45) is 0 Å². The van der Waals surface area contributed by atoms with E-state index in [-0.39, 0.29) is 39.8 Å². The fourth-order valence-electron chi connectivity index (χ4n) is 5.47. The number of rotatable bonds is 12. The number of nitrogens with one attached hydrogen (secondary N) is 1. The molecule has 0 bridgehead atoms. The number of benzene rings is 3. The van der Waals surface area contributed by atoms with E-state index >= 15 is 0 Å². The summed E-state index contributed by atoms with van der Waals surface area (Å²) in [5, 5.41) is 3.42. The molecule has 8 nitrogen and oxygen atoms in total. The predicted molar refractivity (Wildman–Crippen MR) is 170 cm³/mol. The van der Waals surface area contributed by atoms with E-state index in [0.717, 1.165) is 46.7 Å². The second-order valence-electron chi connectivity index (χ2n) is 11.0. The minimum absolute atomic E-state index is 0.0180. The molecule has 3 aromatic carbocycles. The molecule has 230 valence electrons. The van der Waals surface area contributed by atoms with Gasteiger partial charge in [-0.2, -0.15) is 0 Å². The van der Waals surface area contributed by atoms with Gasteiger partial charge in [0.25, 0.3) is 10.0 Å². The molecule has 4 rings (SSSR count). The van der Waals surface area contributed by atoms with Crippen LogP contribution in [0.2, 0.25) is 5.02 Å². The number of carbonyl (C=O) groups is 2. The highest BCUT2D eigenvalue weighted by Crippen LogP contribution is 2.35. The monoisotopic (exact) mass is 625 g/mol. The molecule has 0 radical (unpaired) electrons. The van der Waals surface area contributed by atoms with E-state index in [2.05, 4.69) is 5.32 Å². The molecular formula is C33H40ClN3O5S. The van der Waals surface area contributed by atoms with Gasteiger partial charge in [-0.1, -0.05) is 73.3 Å². The number of amides is 2. The van der Waals surface area contributed by atoms with Crippen LogP contribution in [0, 0.1) is 13.8 Å². The quantitative estimate of drug-likeness (QED) is 0.265. The summed E-state index contributed by atoms with van der Waals surface area (Å²) >= 11 is 6.33. The Kier molecular flexibility index (Phi) is 10.7. The zero-order valence-corrected chi connectivity index (χ0v) is 26.7. The van der Waals surface area contributed by atoms with Crippen molar-refractivity contribution in [1.82, 2.24) is 10.2 Å². The SMILES string of the molecule is CCC(C(=O)NC1CCCC1)N(Cc1ccccc1C)C(=O)CN(c1cc(Cl)ccc1OC)S(=O)(=O)c1ccc(C)cc1. The van der Waals surface area contributed by atoms with Crippen LogP contribution in [0.15, 0.2) is 71.6 Å². The molecular weight excluding hydrogens is 586 g/mol. The molecule has 1 aliphatic carbocycles. The van der Waals surface area contributed by atoms with Gasteiger partial charge in [-0.25, -0.2) is 8.42 Å². The van der Waals surface area contributed by atoms with Crippen molar-refractivity contribution in [2.75, 3.05) is 18.0 Å². The normalized spacial score (nSPS) is 14.3. The molecule has 0 aromatic heterocycles. The summed E-state index contributed by atoms with van der Waals surface area (Å²) in [5.74, 6) is -0.511. The van der Waals surface area contributed by atoms with E-state index in [9.17, 15) is 18.0 Å². The van der Waals surface area contributed by atoms with Crippen LogP contribution in [-0.2, 0) is 26.2 Å². The van der Waals surface area contributed by atoms with Gasteiger partial charge in [-0.3, -0.25) is 13.9 Å². The number of hydrogen-bond acceptors (Lipinski definition) is 5. The van der Waals surface area contributed by atoms with E-state index in [1.54, 1.807) is 24.3 Å². The Balaban J connectivity index is 1.77. The van der Waals surface area contributed by atoms with Crippen LogP contribution in [0.1, 0.15) is 55.7 Å². The summed E-state index contributed by atoms with van der Waals surface area (Å²) in [6.07, 6.45) is 4.29. The minimum atomic E-state index is -4.25. The Hall–Kier alpha value is -3.56. The number of sulfonamides is 1. The first-order valence-electron chi connectivity index (χ1n) is 14.6. The van der Waals surface area contributed by atoms with Crippen molar-refractivity contribution in [3.05, 3.63) is 88.4 Å². The number of aryl methyl sites for hydroxylation is 2. The lowest BCUT2D eigenvalue weighted by molar-refractivity contribution is -0.140. The maximum absolute atomic E-state index is 14.4. The smallest absolute Gasteiger partial charge is 0.264 e. The number of anilines is 1. The Labute approximate surface area is 260 Å². The van der Waals surface area contributed by atoms with E-state index in [1.807, 2.05) is 45.0 Å². The molecule has 3 aromatic rings. The Morgan fingerprint density at radius 2 is 1.70 bits per heavy atom. The van der Waals surface area contributed by atoms with Crippen molar-refractivity contribution < 1.29 is 22.7 Å². The number of halogens is 1. The average Bonchev–Trinajstić information content (AvgIpc) is 3.49. The van der Waals surface area contributed by atoms with Crippen LogP contribution < -0.4 is 14.4 Å². The molecule has 1 aliphatic rings. The van der Waals surface area contributed by atoms with Crippen LogP contribution in [-0.4, -0.2) is 50.9 Å². The third-order valence-corrected chi connectivity index (χ3v) is 10.00. The van der Waals surface area contributed by atoms with Gasteiger partial charge in [0.1, 0.15) is 18.3 Å². The van der Waals surface area contributed by atoms with Gasteiger partial charge in [-0.15, -0.1) is 0 Å². The summed E-state index contributed by atoms with van der Waals surface area (Å²) < 4.78 is 34.9. The summed E-state index contributed by atoms with van der Waals surface area (Å²) in [7, 11) is -2.83. The van der Waals surface area contributed by atoms with E-state index in [4.69, 9.17) is 16.3 Å². The van der Waals surface area contributed by atoms with Gasteiger partial charge in [-0.05, 0) is 74.6 Å². The molecule has 0 aliphatic heterocycles. The summed E-state index contributed by atoms with van der Waals surface area (Å²) in [6.45, 7) is 5.25. The number of ether oxygens (including phenoxy) is 1. The lowest BCUT2D eigenvalue weighted by atomic mass is 10.1. The molecule has 0 saturated heterocycles. The number of carbonyl (C=O) groups excluding carboxylic acids is 2. The van der Waals surface area contributed by atoms with E-state index < -0.39 is 28.5 Å². The number of nitrogens with zero attached hydrogens (tertiary/aromatic N) is 2. The van der Waals surface area contributed by atoms with Crippen molar-refractivity contribution in [1.29, 1.82) is 0 Å². The maximum atomic E-state index is 14.4. The third-order valence-electron chi connectivity index (χ3n) is 7.99. The van der Waals surface area contributed by atoms with Gasteiger partial charge in [0.05, 0.1) is 17.7 Å². The topological polar surface area (TPSA) is 96.0 Å². The van der Waals surface area contributed by atoms with Crippen molar-refractivity contribution >= 4 is 39.1 Å². The highest BCUT2D eigenvalue weighted by atomic mass is 35.5. The van der Waals surface area contributed by atoms with E-state index in [1.165, 1.54) is 30.2 Å². The Morgan fingerprint density at radius 1 is 1.02 bits per heavy atom. The molecule has 1 atom stereocenters. The molecule has 1 N–H and O–H groups in total. The zero-order chi connectivity index (χ0) is 31.1. The largest absolute Gasteiger partial charge is 0.495 e. The van der Waals surface area contributed by atoms with Gasteiger partial charge in [0.2, 0.25) is 11.8 Å². The van der Waals surface area contributed by atoms with Crippen LogP contribution in [0.4, 0.5) is 5.69 Å². The van der Waals surface area contributed by atoms with Crippen LogP contribution in [0.5, 0.6) is 5.75 Å². The van der Waals surface area contributed by atoms with Gasteiger partial charge < -0.3 is 15.0 Å². The lowest BCUT2D eigenvalue weighted by Crippen LogP contribution is -2.53. The average molecular weight is 626 g/mol. The second-order valence-corrected chi connectivity index (χ2v) is 13.3. The molecule has 1 unspecified atom stereocenters. The minimum Gasteiger partial charge on any atom is -0.495 e. The second kappa shape index (κ2) is 14.3. The molecule has 0 spiro atoms. The molecule has 10 heteroatoms. The first-order valence-corrected chi connectivity index (χ1v) is 16.4. The fourth-order valence-corrected chi connectivity index (χ4v) is 7.05. The summed E-state index contributed by atoms with van der Waals surface area (Å²) in [4.78, 5) is 29.5. The zero-order valence-electron chi connectivity index (χ0n) is 25.2. The Bertz CT molecular complexity index is 1540. The Morgan fingerprint density at radius 3 is 2.33 bits per heavy atom. The first-order chi connectivity index (χ1) is 20.5. The first kappa shape index (κ1) is 32.4. The molecule has 1 saturated carbocycles. The van der Waals surface area contributed by atoms with Crippen molar-refractivity contribution in [3.63, 3.8) is 0 Å². The molecule has 1 fully saturated rings. The van der Waals surface area contributed by atoms with Crippen LogP contribution in [0.25, 0.3) is 0 Å².